The molecule has 0 fully saturated rings. The van der Waals surface area contributed by atoms with E-state index in [0.29, 0.717) is 70.4 Å². The highest BCUT2D eigenvalue weighted by atomic mass is 35.5. The molecule has 0 aliphatic heterocycles. The molecule has 0 amide bonds. The molecule has 0 spiro atoms. The third-order valence-corrected chi connectivity index (χ3v) is 11.4. The van der Waals surface area contributed by atoms with Crippen molar-refractivity contribution in [1.29, 1.82) is 0 Å². The van der Waals surface area contributed by atoms with Crippen LogP contribution >= 0.6 is 11.6 Å². The van der Waals surface area contributed by atoms with Crippen LogP contribution in [0.15, 0.2) is 0 Å². The summed E-state index contributed by atoms with van der Waals surface area (Å²) in [4.78, 5) is 27.3. The van der Waals surface area contributed by atoms with Crippen molar-refractivity contribution in [3.63, 3.8) is 0 Å². The lowest BCUT2D eigenvalue weighted by Crippen LogP contribution is -2.33. The van der Waals surface area contributed by atoms with Crippen LogP contribution in [0, 0.1) is 11.8 Å². The molecule has 0 aliphatic carbocycles. The van der Waals surface area contributed by atoms with Gasteiger partial charge in [0.15, 0.2) is 0 Å². The van der Waals surface area contributed by atoms with Gasteiger partial charge in [0.1, 0.15) is 0 Å². The predicted octanol–water partition coefficient (Wildman–Crippen LogP) is 13.7. The quantitative estimate of drug-likeness (QED) is 0.0344. The number of esters is 2. The van der Waals surface area contributed by atoms with Crippen molar-refractivity contribution in [3.8, 4) is 0 Å². The van der Waals surface area contributed by atoms with Gasteiger partial charge in [0.25, 0.3) is 0 Å². The molecule has 0 radical (unpaired) electrons. The maximum atomic E-state index is 12.6. The van der Waals surface area contributed by atoms with Gasteiger partial charge in [0.2, 0.25) is 0 Å². The Morgan fingerprint density at radius 3 is 1.04 bits per heavy atom. The van der Waals surface area contributed by atoms with Crippen LogP contribution in [0.4, 0.5) is 0 Å². The molecule has 0 heterocycles. The number of carbonyl (C=O) groups excluding carboxylic acids is 2. The second-order valence-corrected chi connectivity index (χ2v) is 17.0. The molecule has 0 N–H and O–H groups in total. The Kier molecular flexibility index (Phi) is 44.5. The minimum atomic E-state index is -0.156. The van der Waals surface area contributed by atoms with Gasteiger partial charge in [-0.25, -0.2) is 0 Å². The number of ether oxygens (including phenoxy) is 4. The van der Waals surface area contributed by atoms with Crippen LogP contribution in [0.2, 0.25) is 0 Å². The SMILES string of the molecule is CCCCCCCCC(CCCCCCCC)COC(=O)CCOCCN(CCCl)CCOCCC(=O)OCC(CCCCCCCC)CCCCCCCC. The van der Waals surface area contributed by atoms with Gasteiger partial charge in [-0.15, -0.1) is 11.6 Å². The summed E-state index contributed by atoms with van der Waals surface area (Å²) < 4.78 is 23.1. The maximum Gasteiger partial charge on any atom is 0.308 e. The van der Waals surface area contributed by atoms with Gasteiger partial charge in [-0.3, -0.25) is 14.5 Å². The number of nitrogens with zero attached hydrogens (tertiary/aromatic N) is 1. The van der Waals surface area contributed by atoms with E-state index in [2.05, 4.69) is 32.6 Å². The number of unbranched alkanes of at least 4 members (excludes halogenated alkanes) is 20. The van der Waals surface area contributed by atoms with E-state index >= 15 is 0 Å². The van der Waals surface area contributed by atoms with E-state index in [0.717, 1.165) is 32.2 Å². The van der Waals surface area contributed by atoms with Crippen LogP contribution in [0.25, 0.3) is 0 Å². The molecule has 0 rings (SSSR count). The van der Waals surface area contributed by atoms with Crippen LogP contribution < -0.4 is 0 Å². The van der Waals surface area contributed by atoms with Gasteiger partial charge in [0, 0.05) is 25.5 Å². The molecular formula is C48H94ClNO6. The molecule has 0 aromatic carbocycles. The Balaban J connectivity index is 4.30. The topological polar surface area (TPSA) is 74.3 Å². The van der Waals surface area contributed by atoms with E-state index in [4.69, 9.17) is 30.5 Å². The van der Waals surface area contributed by atoms with Crippen LogP contribution in [0.3, 0.4) is 0 Å². The highest BCUT2D eigenvalue weighted by Gasteiger charge is 2.14. The van der Waals surface area contributed by atoms with Crippen LogP contribution in [0.1, 0.15) is 220 Å². The zero-order valence-corrected chi connectivity index (χ0v) is 38.5. The first-order valence-electron chi connectivity index (χ1n) is 24.2. The number of hydrogen-bond donors (Lipinski definition) is 0. The Bertz CT molecular complexity index is 723. The standard InChI is InChI=1S/C48H94ClNO6/c1-5-9-13-17-21-25-29-45(30-26-22-18-14-10-6-2)43-55-47(51)33-39-53-41-37-50(36-35-49)38-42-54-40-34-48(52)56-44-46(31-27-23-19-15-11-7-3)32-28-24-20-16-12-8-4/h45-46H,5-44H2,1-4H3. The van der Waals surface area contributed by atoms with Crippen molar-refractivity contribution in [1.82, 2.24) is 4.90 Å². The molecular weight excluding hydrogens is 722 g/mol. The lowest BCUT2D eigenvalue weighted by Gasteiger charge is -2.21. The van der Waals surface area contributed by atoms with Gasteiger partial charge in [-0.2, -0.15) is 0 Å². The number of hydrogen-bond acceptors (Lipinski definition) is 7. The van der Waals surface area contributed by atoms with Crippen molar-refractivity contribution >= 4 is 23.5 Å². The van der Waals surface area contributed by atoms with Crippen molar-refractivity contribution < 1.29 is 28.5 Å². The summed E-state index contributed by atoms with van der Waals surface area (Å²) in [5.41, 5.74) is 0. The zero-order chi connectivity index (χ0) is 41.0. The summed E-state index contributed by atoms with van der Waals surface area (Å²) in [5, 5.41) is 0. The smallest absolute Gasteiger partial charge is 0.308 e. The molecule has 0 saturated carbocycles. The summed E-state index contributed by atoms with van der Waals surface area (Å²) >= 11 is 6.07. The van der Waals surface area contributed by atoms with Gasteiger partial charge in [0.05, 0.1) is 52.5 Å². The summed E-state index contributed by atoms with van der Waals surface area (Å²) in [6.45, 7) is 14.1. The highest BCUT2D eigenvalue weighted by molar-refractivity contribution is 6.18. The highest BCUT2D eigenvalue weighted by Crippen LogP contribution is 2.21. The summed E-state index contributed by atoms with van der Waals surface area (Å²) in [5.74, 6) is 1.16. The number of rotatable bonds is 46. The van der Waals surface area contributed by atoms with Crippen molar-refractivity contribution in [2.24, 2.45) is 11.8 Å². The van der Waals surface area contributed by atoms with Gasteiger partial charge in [-0.05, 0) is 37.5 Å². The molecule has 0 aromatic heterocycles. The molecule has 56 heavy (non-hydrogen) atoms. The Labute approximate surface area is 353 Å². The normalized spacial score (nSPS) is 11.7. The van der Waals surface area contributed by atoms with E-state index in [1.807, 2.05) is 0 Å². The number of halogens is 1. The van der Waals surface area contributed by atoms with Crippen molar-refractivity contribution in [2.75, 3.05) is 65.2 Å². The minimum Gasteiger partial charge on any atom is -0.465 e. The van der Waals surface area contributed by atoms with E-state index in [9.17, 15) is 9.59 Å². The lowest BCUT2D eigenvalue weighted by atomic mass is 9.95. The zero-order valence-electron chi connectivity index (χ0n) is 37.7. The third kappa shape index (κ3) is 39.9. The Morgan fingerprint density at radius 1 is 0.429 bits per heavy atom. The molecule has 0 aromatic rings. The molecule has 8 heteroatoms. The first-order chi connectivity index (χ1) is 27.5. The molecule has 7 nitrogen and oxygen atoms in total. The summed E-state index contributed by atoms with van der Waals surface area (Å²) in [6, 6.07) is 0. The Morgan fingerprint density at radius 2 is 0.732 bits per heavy atom. The molecule has 0 unspecified atom stereocenters. The predicted molar refractivity (Wildman–Crippen MR) is 239 cm³/mol. The fraction of sp³-hybridized carbons (Fsp3) is 0.958. The fourth-order valence-electron chi connectivity index (χ4n) is 7.40. The van der Waals surface area contributed by atoms with Gasteiger partial charge in [-0.1, -0.05) is 182 Å². The molecule has 0 bridgehead atoms. The monoisotopic (exact) mass is 816 g/mol. The van der Waals surface area contributed by atoms with Crippen molar-refractivity contribution in [3.05, 3.63) is 0 Å². The number of carbonyl (C=O) groups is 2. The summed E-state index contributed by atoms with van der Waals surface area (Å²) in [7, 11) is 0. The molecule has 0 saturated heterocycles. The fourth-order valence-corrected chi connectivity index (χ4v) is 7.64. The average Bonchev–Trinajstić information content (AvgIpc) is 3.20. The Hall–Kier alpha value is -0.890. The average molecular weight is 817 g/mol. The lowest BCUT2D eigenvalue weighted by molar-refractivity contribution is -0.147. The molecule has 334 valence electrons. The minimum absolute atomic E-state index is 0.156. The largest absolute Gasteiger partial charge is 0.465 e. The van der Waals surface area contributed by atoms with E-state index in [1.165, 1.54) is 154 Å². The van der Waals surface area contributed by atoms with Crippen molar-refractivity contribution in [2.45, 2.75) is 220 Å². The van der Waals surface area contributed by atoms with E-state index in [-0.39, 0.29) is 24.8 Å². The number of alkyl halides is 1. The summed E-state index contributed by atoms with van der Waals surface area (Å²) in [6.07, 6.45) is 36.4. The maximum absolute atomic E-state index is 12.6. The first kappa shape index (κ1) is 55.1. The first-order valence-corrected chi connectivity index (χ1v) is 24.8. The second kappa shape index (κ2) is 45.2. The second-order valence-electron chi connectivity index (χ2n) is 16.6. The van der Waals surface area contributed by atoms with E-state index < -0.39 is 0 Å². The van der Waals surface area contributed by atoms with E-state index in [1.54, 1.807) is 0 Å². The van der Waals surface area contributed by atoms with Gasteiger partial charge >= 0.3 is 11.9 Å². The van der Waals surface area contributed by atoms with Crippen LogP contribution in [-0.4, -0.2) is 82.0 Å². The molecule has 0 atom stereocenters. The third-order valence-electron chi connectivity index (χ3n) is 11.2. The molecule has 0 aliphatic rings. The van der Waals surface area contributed by atoms with Crippen LogP contribution in [-0.2, 0) is 28.5 Å². The van der Waals surface area contributed by atoms with Crippen LogP contribution in [0.5, 0.6) is 0 Å². The van der Waals surface area contributed by atoms with Gasteiger partial charge < -0.3 is 18.9 Å².